The lowest BCUT2D eigenvalue weighted by atomic mass is 10.0. The van der Waals surface area contributed by atoms with E-state index in [0.717, 1.165) is 18.8 Å². The van der Waals surface area contributed by atoms with Crippen molar-refractivity contribution >= 4 is 0 Å². The standard InChI is InChI=1S/C28H39NO/c29-25-27-20-22-28(23-21-27)30-24-16-11-9-7-5-3-1-2-4-6-8-10-13-17-26-18-14-12-15-19-26/h12,14-15,18-23H,1-11,13,16-17,24H2. The SMILES string of the molecule is N#Cc1ccc(OCCCCCCCCCCCCCCCc2ccccc2)cc1. The van der Waals surface area contributed by atoms with Crippen molar-refractivity contribution in [1.82, 2.24) is 0 Å². The summed E-state index contributed by atoms with van der Waals surface area (Å²) >= 11 is 0. The molecule has 162 valence electrons. The van der Waals surface area contributed by atoms with Crippen molar-refractivity contribution in [2.24, 2.45) is 0 Å². The Balaban J connectivity index is 1.28. The molecule has 0 unspecified atom stereocenters. The van der Waals surface area contributed by atoms with Gasteiger partial charge in [-0.3, -0.25) is 0 Å². The molecular formula is C28H39NO. The zero-order valence-electron chi connectivity index (χ0n) is 18.7. The monoisotopic (exact) mass is 405 g/mol. The van der Waals surface area contributed by atoms with E-state index in [-0.39, 0.29) is 0 Å². The molecule has 0 N–H and O–H groups in total. The van der Waals surface area contributed by atoms with Gasteiger partial charge in [-0.05, 0) is 49.1 Å². The van der Waals surface area contributed by atoms with Crippen LogP contribution in [0.1, 0.15) is 94.6 Å². The lowest BCUT2D eigenvalue weighted by Crippen LogP contribution is -1.97. The zero-order valence-corrected chi connectivity index (χ0v) is 18.7. The summed E-state index contributed by atoms with van der Waals surface area (Å²) in [6.07, 6.45) is 18.8. The molecule has 30 heavy (non-hydrogen) atoms. The van der Waals surface area contributed by atoms with E-state index in [0.29, 0.717) is 5.56 Å². The Labute approximate surface area is 184 Å². The predicted molar refractivity (Wildman–Crippen MR) is 127 cm³/mol. The Morgan fingerprint density at radius 3 is 1.60 bits per heavy atom. The van der Waals surface area contributed by atoms with Crippen LogP contribution in [0.5, 0.6) is 5.75 Å². The van der Waals surface area contributed by atoms with E-state index in [4.69, 9.17) is 10.00 Å². The third-order valence-corrected chi connectivity index (χ3v) is 5.70. The summed E-state index contributed by atoms with van der Waals surface area (Å²) < 4.78 is 5.73. The molecular weight excluding hydrogens is 366 g/mol. The van der Waals surface area contributed by atoms with Crippen molar-refractivity contribution in [3.8, 4) is 11.8 Å². The molecule has 0 aliphatic heterocycles. The molecule has 0 bridgehead atoms. The number of rotatable bonds is 17. The maximum absolute atomic E-state index is 8.79. The van der Waals surface area contributed by atoms with Gasteiger partial charge in [0.1, 0.15) is 5.75 Å². The average Bonchev–Trinajstić information content (AvgIpc) is 2.80. The summed E-state index contributed by atoms with van der Waals surface area (Å²) in [4.78, 5) is 0. The molecule has 2 heteroatoms. The van der Waals surface area contributed by atoms with Crippen molar-refractivity contribution in [2.75, 3.05) is 6.61 Å². The zero-order chi connectivity index (χ0) is 21.1. The van der Waals surface area contributed by atoms with Crippen LogP contribution >= 0.6 is 0 Å². The number of nitrogens with zero attached hydrogens (tertiary/aromatic N) is 1. The first-order chi connectivity index (χ1) is 14.9. The van der Waals surface area contributed by atoms with Crippen molar-refractivity contribution in [1.29, 1.82) is 5.26 Å². The van der Waals surface area contributed by atoms with Crippen LogP contribution in [0.4, 0.5) is 0 Å². The van der Waals surface area contributed by atoms with E-state index >= 15 is 0 Å². The van der Waals surface area contributed by atoms with E-state index in [1.807, 2.05) is 12.1 Å². The number of hydrogen-bond acceptors (Lipinski definition) is 2. The Hall–Kier alpha value is -2.27. The van der Waals surface area contributed by atoms with Gasteiger partial charge in [0.2, 0.25) is 0 Å². The number of nitriles is 1. The van der Waals surface area contributed by atoms with Crippen LogP contribution in [-0.2, 0) is 6.42 Å². The Morgan fingerprint density at radius 2 is 1.07 bits per heavy atom. The van der Waals surface area contributed by atoms with E-state index in [2.05, 4.69) is 36.4 Å². The third-order valence-electron chi connectivity index (χ3n) is 5.70. The number of ether oxygens (including phenoxy) is 1. The van der Waals surface area contributed by atoms with E-state index in [9.17, 15) is 0 Å². The molecule has 0 amide bonds. The molecule has 0 fully saturated rings. The van der Waals surface area contributed by atoms with Crippen LogP contribution in [0.2, 0.25) is 0 Å². The van der Waals surface area contributed by atoms with Gasteiger partial charge in [-0.2, -0.15) is 5.26 Å². The molecule has 0 atom stereocenters. The highest BCUT2D eigenvalue weighted by atomic mass is 16.5. The minimum Gasteiger partial charge on any atom is -0.494 e. The largest absolute Gasteiger partial charge is 0.494 e. The van der Waals surface area contributed by atoms with Crippen molar-refractivity contribution in [2.45, 2.75) is 89.9 Å². The maximum Gasteiger partial charge on any atom is 0.119 e. The fraction of sp³-hybridized carbons (Fsp3) is 0.536. The number of unbranched alkanes of at least 4 members (excludes halogenated alkanes) is 12. The first-order valence-corrected chi connectivity index (χ1v) is 12.1. The van der Waals surface area contributed by atoms with E-state index in [1.165, 1.54) is 89.0 Å². The first kappa shape index (κ1) is 24.0. The lowest BCUT2D eigenvalue weighted by molar-refractivity contribution is 0.304. The van der Waals surface area contributed by atoms with Gasteiger partial charge < -0.3 is 4.74 Å². The summed E-state index contributed by atoms with van der Waals surface area (Å²) in [6.45, 7) is 0.775. The second kappa shape index (κ2) is 16.5. The van der Waals surface area contributed by atoms with Crippen LogP contribution in [0.15, 0.2) is 54.6 Å². The summed E-state index contributed by atoms with van der Waals surface area (Å²) in [7, 11) is 0. The highest BCUT2D eigenvalue weighted by Crippen LogP contribution is 2.15. The molecule has 0 saturated heterocycles. The highest BCUT2D eigenvalue weighted by molar-refractivity contribution is 5.34. The van der Waals surface area contributed by atoms with Crippen LogP contribution < -0.4 is 4.74 Å². The molecule has 2 rings (SSSR count). The van der Waals surface area contributed by atoms with Gasteiger partial charge in [0.15, 0.2) is 0 Å². The van der Waals surface area contributed by atoms with Gasteiger partial charge >= 0.3 is 0 Å². The van der Waals surface area contributed by atoms with Gasteiger partial charge in [-0.25, -0.2) is 0 Å². The van der Waals surface area contributed by atoms with Gasteiger partial charge in [0.25, 0.3) is 0 Å². The second-order valence-electron chi connectivity index (χ2n) is 8.32. The Kier molecular flexibility index (Phi) is 13.2. The van der Waals surface area contributed by atoms with Crippen LogP contribution in [0.25, 0.3) is 0 Å². The summed E-state index contributed by atoms with van der Waals surface area (Å²) in [5.74, 6) is 0.866. The molecule has 0 aromatic heterocycles. The molecule has 0 aliphatic rings. The molecule has 2 aromatic carbocycles. The Bertz CT molecular complexity index is 687. The van der Waals surface area contributed by atoms with Crippen molar-refractivity contribution < 1.29 is 4.74 Å². The van der Waals surface area contributed by atoms with E-state index in [1.54, 1.807) is 12.1 Å². The second-order valence-corrected chi connectivity index (χ2v) is 8.32. The molecule has 0 saturated carbocycles. The summed E-state index contributed by atoms with van der Waals surface area (Å²) in [6, 6.07) is 20.4. The normalized spacial score (nSPS) is 10.6. The molecule has 2 aromatic rings. The highest BCUT2D eigenvalue weighted by Gasteiger charge is 1.97. The molecule has 2 nitrogen and oxygen atoms in total. The predicted octanol–water partition coefficient (Wildman–Crippen LogP) is 8.25. The van der Waals surface area contributed by atoms with Gasteiger partial charge in [-0.1, -0.05) is 101 Å². The third kappa shape index (κ3) is 11.7. The minimum atomic E-state index is 0.682. The quantitative estimate of drug-likeness (QED) is 0.248. The summed E-state index contributed by atoms with van der Waals surface area (Å²) in [5.41, 5.74) is 2.16. The Morgan fingerprint density at radius 1 is 0.567 bits per heavy atom. The van der Waals surface area contributed by atoms with Gasteiger partial charge in [0.05, 0.1) is 18.2 Å². The molecule has 0 heterocycles. The van der Waals surface area contributed by atoms with Crippen LogP contribution in [0.3, 0.4) is 0 Å². The number of hydrogen-bond donors (Lipinski definition) is 0. The molecule has 0 aliphatic carbocycles. The molecule has 0 radical (unpaired) electrons. The maximum atomic E-state index is 8.79. The van der Waals surface area contributed by atoms with Crippen molar-refractivity contribution in [3.63, 3.8) is 0 Å². The molecule has 0 spiro atoms. The smallest absolute Gasteiger partial charge is 0.119 e. The van der Waals surface area contributed by atoms with Gasteiger partial charge in [-0.15, -0.1) is 0 Å². The van der Waals surface area contributed by atoms with Gasteiger partial charge in [0, 0.05) is 0 Å². The summed E-state index contributed by atoms with van der Waals surface area (Å²) in [5, 5.41) is 8.79. The fourth-order valence-corrected chi connectivity index (χ4v) is 3.84. The average molecular weight is 406 g/mol. The van der Waals surface area contributed by atoms with Crippen molar-refractivity contribution in [3.05, 3.63) is 65.7 Å². The fourth-order valence-electron chi connectivity index (χ4n) is 3.84. The van der Waals surface area contributed by atoms with Crippen LogP contribution in [-0.4, -0.2) is 6.61 Å². The van der Waals surface area contributed by atoms with Crippen LogP contribution in [0, 0.1) is 11.3 Å². The van der Waals surface area contributed by atoms with E-state index < -0.39 is 0 Å². The minimum absolute atomic E-state index is 0.682. The topological polar surface area (TPSA) is 33.0 Å². The lowest BCUT2D eigenvalue weighted by Gasteiger charge is -2.06. The number of benzene rings is 2. The number of aryl methyl sites for hydroxylation is 1. The first-order valence-electron chi connectivity index (χ1n) is 12.1.